The van der Waals surface area contributed by atoms with Gasteiger partial charge in [0.2, 0.25) is 0 Å². The summed E-state index contributed by atoms with van der Waals surface area (Å²) in [6.07, 6.45) is -4.42. The molecule has 0 heterocycles. The van der Waals surface area contributed by atoms with Crippen molar-refractivity contribution < 1.29 is 27.4 Å². The van der Waals surface area contributed by atoms with Crippen molar-refractivity contribution in [2.45, 2.75) is 46.0 Å². The number of guanidine groups is 1. The molecule has 1 aromatic carbocycles. The lowest BCUT2D eigenvalue weighted by Crippen LogP contribution is -2.41. The van der Waals surface area contributed by atoms with Gasteiger partial charge in [-0.1, -0.05) is 12.1 Å². The molecular weight excluding hydrogens is 363 g/mol. The van der Waals surface area contributed by atoms with Crippen LogP contribution in [-0.4, -0.2) is 43.9 Å². The molecule has 27 heavy (non-hydrogen) atoms. The molecule has 1 aromatic rings. The van der Waals surface area contributed by atoms with E-state index in [0.717, 1.165) is 5.56 Å². The monoisotopic (exact) mass is 389 g/mol. The molecule has 0 amide bonds. The highest BCUT2D eigenvalue weighted by Gasteiger charge is 2.28. The molecule has 0 radical (unpaired) electrons. The number of halogens is 3. The number of alkyl halides is 3. The predicted octanol–water partition coefficient (Wildman–Crippen LogP) is 2.94. The fourth-order valence-corrected chi connectivity index (χ4v) is 2.03. The molecule has 2 N–H and O–H groups in total. The second-order valence-corrected chi connectivity index (χ2v) is 6.88. The lowest BCUT2D eigenvalue weighted by atomic mass is 10.1. The maximum absolute atomic E-state index is 12.4. The van der Waals surface area contributed by atoms with E-state index in [4.69, 9.17) is 9.47 Å². The molecule has 0 fully saturated rings. The van der Waals surface area contributed by atoms with E-state index < -0.39 is 24.4 Å². The van der Waals surface area contributed by atoms with Crippen molar-refractivity contribution >= 4 is 11.9 Å². The second kappa shape index (κ2) is 9.48. The summed E-state index contributed by atoms with van der Waals surface area (Å²) in [6.45, 7) is 5.76. The number of nitrogens with one attached hydrogen (secondary N) is 2. The first kappa shape index (κ1) is 22.6. The van der Waals surface area contributed by atoms with E-state index in [1.54, 1.807) is 45.9 Å². The van der Waals surface area contributed by atoms with Gasteiger partial charge in [0.15, 0.2) is 12.6 Å². The van der Waals surface area contributed by atoms with Gasteiger partial charge < -0.3 is 20.1 Å². The van der Waals surface area contributed by atoms with Crippen LogP contribution in [0.4, 0.5) is 13.2 Å². The Kier molecular flexibility index (Phi) is 7.93. The van der Waals surface area contributed by atoms with Crippen molar-refractivity contribution in [2.75, 3.05) is 20.2 Å². The van der Waals surface area contributed by atoms with Crippen LogP contribution >= 0.6 is 0 Å². The van der Waals surface area contributed by atoms with Crippen LogP contribution in [0, 0.1) is 6.92 Å². The first-order chi connectivity index (χ1) is 12.4. The van der Waals surface area contributed by atoms with Crippen LogP contribution < -0.4 is 15.4 Å². The molecular formula is C18H26F3N3O3. The fraction of sp³-hybridized carbons (Fsp3) is 0.556. The van der Waals surface area contributed by atoms with Gasteiger partial charge in [0.1, 0.15) is 17.9 Å². The third kappa shape index (κ3) is 9.72. The molecule has 0 aliphatic carbocycles. The summed E-state index contributed by atoms with van der Waals surface area (Å²) >= 11 is 0. The van der Waals surface area contributed by atoms with E-state index in [1.165, 1.54) is 7.05 Å². The Bertz CT molecular complexity index is 668. The smallest absolute Gasteiger partial charge is 0.422 e. The molecule has 0 unspecified atom stereocenters. The Hall–Kier alpha value is -2.45. The molecule has 1 rings (SSSR count). The zero-order valence-corrected chi connectivity index (χ0v) is 16.2. The normalized spacial score (nSPS) is 12.5. The van der Waals surface area contributed by atoms with Crippen LogP contribution in [0.2, 0.25) is 0 Å². The van der Waals surface area contributed by atoms with Crippen molar-refractivity contribution in [3.8, 4) is 5.75 Å². The number of esters is 1. The van der Waals surface area contributed by atoms with E-state index in [-0.39, 0.29) is 18.8 Å². The quantitative estimate of drug-likeness (QED) is 0.445. The summed E-state index contributed by atoms with van der Waals surface area (Å²) in [4.78, 5) is 15.7. The van der Waals surface area contributed by atoms with Crippen molar-refractivity contribution in [3.63, 3.8) is 0 Å². The van der Waals surface area contributed by atoms with Crippen molar-refractivity contribution in [1.82, 2.24) is 10.6 Å². The lowest BCUT2D eigenvalue weighted by Gasteiger charge is -2.20. The highest BCUT2D eigenvalue weighted by molar-refractivity contribution is 5.84. The largest absolute Gasteiger partial charge is 0.484 e. The third-order valence-corrected chi connectivity index (χ3v) is 3.10. The van der Waals surface area contributed by atoms with E-state index in [0.29, 0.717) is 11.5 Å². The van der Waals surface area contributed by atoms with E-state index in [9.17, 15) is 18.0 Å². The summed E-state index contributed by atoms with van der Waals surface area (Å²) in [7, 11) is 1.51. The van der Waals surface area contributed by atoms with E-state index in [1.807, 2.05) is 0 Å². The number of rotatable bonds is 6. The van der Waals surface area contributed by atoms with Crippen molar-refractivity contribution in [2.24, 2.45) is 4.99 Å². The molecule has 0 bridgehead atoms. The highest BCUT2D eigenvalue weighted by atomic mass is 19.4. The highest BCUT2D eigenvalue weighted by Crippen LogP contribution is 2.23. The number of aliphatic imine (C=N–C) groups is 1. The first-order valence-electron chi connectivity index (χ1n) is 8.35. The predicted molar refractivity (Wildman–Crippen MR) is 96.8 cm³/mol. The summed E-state index contributed by atoms with van der Waals surface area (Å²) in [5.74, 6) is 0.000566. The Labute approximate surface area is 157 Å². The fourth-order valence-electron chi connectivity index (χ4n) is 2.03. The summed E-state index contributed by atoms with van der Waals surface area (Å²) in [5, 5.41) is 5.72. The van der Waals surface area contributed by atoms with Crippen LogP contribution in [0.25, 0.3) is 0 Å². The SMILES string of the molecule is CN=C(NCC(=O)OC(C)(C)C)NCc1ccc(C)cc1OCC(F)(F)F. The average molecular weight is 389 g/mol. The average Bonchev–Trinajstić information content (AvgIpc) is 2.52. The molecule has 6 nitrogen and oxygen atoms in total. The maximum atomic E-state index is 12.4. The zero-order valence-electron chi connectivity index (χ0n) is 16.2. The molecule has 0 saturated heterocycles. The number of hydrogen-bond donors (Lipinski definition) is 2. The van der Waals surface area contributed by atoms with Crippen molar-refractivity contribution in [1.29, 1.82) is 0 Å². The van der Waals surface area contributed by atoms with Gasteiger partial charge in [-0.25, -0.2) is 0 Å². The number of carbonyl (C=O) groups is 1. The van der Waals surface area contributed by atoms with E-state index in [2.05, 4.69) is 15.6 Å². The number of hydrogen-bond acceptors (Lipinski definition) is 4. The lowest BCUT2D eigenvalue weighted by molar-refractivity contribution is -0.154. The van der Waals surface area contributed by atoms with Gasteiger partial charge in [-0.05, 0) is 39.3 Å². The topological polar surface area (TPSA) is 72.0 Å². The van der Waals surface area contributed by atoms with Crippen LogP contribution in [0.1, 0.15) is 31.9 Å². The molecule has 152 valence electrons. The maximum Gasteiger partial charge on any atom is 0.422 e. The van der Waals surface area contributed by atoms with E-state index >= 15 is 0 Å². The third-order valence-electron chi connectivity index (χ3n) is 3.10. The van der Waals surface area contributed by atoms with Crippen LogP contribution in [0.3, 0.4) is 0 Å². The molecule has 0 aliphatic rings. The Morgan fingerprint density at radius 1 is 1.19 bits per heavy atom. The second-order valence-electron chi connectivity index (χ2n) is 6.88. The minimum absolute atomic E-state index is 0.0950. The Morgan fingerprint density at radius 3 is 2.41 bits per heavy atom. The van der Waals surface area contributed by atoms with Gasteiger partial charge in [-0.3, -0.25) is 9.79 Å². The summed E-state index contributed by atoms with van der Waals surface area (Å²) < 4.78 is 47.3. The molecule has 9 heteroatoms. The van der Waals surface area contributed by atoms with Gasteiger partial charge in [0.25, 0.3) is 0 Å². The number of aryl methyl sites for hydroxylation is 1. The van der Waals surface area contributed by atoms with Crippen LogP contribution in [-0.2, 0) is 16.1 Å². The zero-order chi connectivity index (χ0) is 20.7. The summed E-state index contributed by atoms with van der Waals surface area (Å²) in [6, 6.07) is 4.99. The number of benzene rings is 1. The minimum atomic E-state index is -4.42. The number of ether oxygens (including phenoxy) is 2. The van der Waals surface area contributed by atoms with Gasteiger partial charge in [-0.15, -0.1) is 0 Å². The molecule has 0 atom stereocenters. The molecule has 0 saturated carbocycles. The van der Waals surface area contributed by atoms with Gasteiger partial charge >= 0.3 is 12.1 Å². The van der Waals surface area contributed by atoms with Crippen LogP contribution in [0.15, 0.2) is 23.2 Å². The Balaban J connectivity index is 2.66. The van der Waals surface area contributed by atoms with Gasteiger partial charge in [-0.2, -0.15) is 13.2 Å². The van der Waals surface area contributed by atoms with Crippen LogP contribution in [0.5, 0.6) is 5.75 Å². The molecule has 0 spiro atoms. The number of carbonyl (C=O) groups excluding carboxylic acids is 1. The molecule has 0 aliphatic heterocycles. The summed E-state index contributed by atoms with van der Waals surface area (Å²) in [5.41, 5.74) is 0.718. The Morgan fingerprint density at radius 2 is 1.85 bits per heavy atom. The van der Waals surface area contributed by atoms with Crippen molar-refractivity contribution in [3.05, 3.63) is 29.3 Å². The number of nitrogens with zero attached hydrogens (tertiary/aromatic N) is 1. The first-order valence-corrected chi connectivity index (χ1v) is 8.35. The minimum Gasteiger partial charge on any atom is -0.484 e. The van der Waals surface area contributed by atoms with Gasteiger partial charge in [0.05, 0.1) is 0 Å². The standard InChI is InChI=1S/C18H26F3N3O3/c1-12-6-7-13(14(8-12)26-11-18(19,20)21)9-23-16(22-5)24-10-15(25)27-17(2,3)4/h6-8H,9-11H2,1-5H3,(H2,22,23,24). The van der Waals surface area contributed by atoms with Gasteiger partial charge in [0, 0.05) is 19.2 Å². The molecule has 0 aromatic heterocycles.